The molecule has 3 N–H and O–H groups in total. The van der Waals surface area contributed by atoms with Gasteiger partial charge in [-0.05, 0) is 47.9 Å². The lowest BCUT2D eigenvalue weighted by molar-refractivity contribution is 0.550. The number of fused-ring (bicyclic) bond motifs is 1. The van der Waals surface area contributed by atoms with E-state index in [1.807, 2.05) is 12.1 Å². The first-order valence-corrected chi connectivity index (χ1v) is 12.6. The van der Waals surface area contributed by atoms with Gasteiger partial charge < -0.3 is 9.88 Å². The summed E-state index contributed by atoms with van der Waals surface area (Å²) in [6, 6.07) is 5.05. The van der Waals surface area contributed by atoms with Crippen LogP contribution in [0.1, 0.15) is 39.2 Å². The fourth-order valence-electron chi connectivity index (χ4n) is 4.17. The minimum atomic E-state index is -3.48. The van der Waals surface area contributed by atoms with E-state index in [1.165, 1.54) is 6.07 Å². The minimum absolute atomic E-state index is 0.0324. The maximum Gasteiger partial charge on any atom is 0.256 e. The average molecular weight is 474 g/mol. The van der Waals surface area contributed by atoms with Crippen LogP contribution in [-0.2, 0) is 15.4 Å². The van der Waals surface area contributed by atoms with Crippen LogP contribution in [0.4, 0.5) is 10.2 Å². The van der Waals surface area contributed by atoms with Crippen molar-refractivity contribution in [3.8, 4) is 11.1 Å². The molecule has 0 bridgehead atoms. The van der Waals surface area contributed by atoms with Crippen molar-refractivity contribution in [3.05, 3.63) is 52.3 Å². The Bertz CT molecular complexity index is 1360. The van der Waals surface area contributed by atoms with Gasteiger partial charge in [0, 0.05) is 24.8 Å². The van der Waals surface area contributed by atoms with E-state index in [0.717, 1.165) is 24.7 Å². The number of rotatable bonds is 5. The number of hydrogen-bond acceptors (Lipinski definition) is 6. The van der Waals surface area contributed by atoms with E-state index in [1.54, 1.807) is 6.20 Å². The first kappa shape index (κ1) is 23.3. The molecule has 33 heavy (non-hydrogen) atoms. The van der Waals surface area contributed by atoms with Crippen LogP contribution in [0.15, 0.2) is 35.4 Å². The number of sulfonamides is 1. The lowest BCUT2D eigenvalue weighted by Gasteiger charge is -2.22. The van der Waals surface area contributed by atoms with E-state index >= 15 is 0 Å². The number of nitrogens with two attached hydrogens (primary N) is 1. The zero-order valence-electron chi connectivity index (χ0n) is 18.9. The topological polar surface area (TPSA) is 122 Å². The summed E-state index contributed by atoms with van der Waals surface area (Å²) >= 11 is 0. The van der Waals surface area contributed by atoms with Crippen molar-refractivity contribution in [1.29, 1.82) is 0 Å². The zero-order valence-corrected chi connectivity index (χ0v) is 19.7. The Hall–Kier alpha value is -2.85. The highest BCUT2D eigenvalue weighted by molar-refractivity contribution is 7.89. The predicted octanol–water partition coefficient (Wildman–Crippen LogP) is 2.93. The molecule has 3 heterocycles. The summed E-state index contributed by atoms with van der Waals surface area (Å²) in [6.07, 6.45) is 4.04. The molecule has 1 aliphatic heterocycles. The number of primary sulfonamides is 1. The van der Waals surface area contributed by atoms with E-state index < -0.39 is 21.4 Å². The predicted molar refractivity (Wildman–Crippen MR) is 127 cm³/mol. The zero-order chi connectivity index (χ0) is 24.0. The van der Waals surface area contributed by atoms with Crippen molar-refractivity contribution in [1.82, 2.24) is 15.0 Å². The molecule has 2 aromatic heterocycles. The third kappa shape index (κ3) is 5.22. The molecule has 1 aliphatic rings. The van der Waals surface area contributed by atoms with Gasteiger partial charge in [-0.25, -0.2) is 22.9 Å². The van der Waals surface area contributed by atoms with Crippen molar-refractivity contribution in [3.63, 3.8) is 0 Å². The normalized spacial score (nSPS) is 17.1. The van der Waals surface area contributed by atoms with Gasteiger partial charge in [0.25, 0.3) is 5.56 Å². The van der Waals surface area contributed by atoms with Crippen LogP contribution >= 0.6 is 0 Å². The molecule has 1 aromatic carbocycles. The number of aromatic amines is 1. The van der Waals surface area contributed by atoms with E-state index in [2.05, 4.69) is 35.6 Å². The van der Waals surface area contributed by atoms with Gasteiger partial charge >= 0.3 is 0 Å². The molecule has 0 radical (unpaired) electrons. The molecule has 176 valence electrons. The summed E-state index contributed by atoms with van der Waals surface area (Å²) < 4.78 is 36.5. The summed E-state index contributed by atoms with van der Waals surface area (Å²) in [5.74, 6) is 0.329. The third-order valence-corrected chi connectivity index (χ3v) is 6.88. The lowest BCUT2D eigenvalue weighted by atomic mass is 9.85. The maximum absolute atomic E-state index is 14.0. The highest BCUT2D eigenvalue weighted by atomic mass is 32.2. The van der Waals surface area contributed by atoms with Gasteiger partial charge in [0.05, 0.1) is 28.5 Å². The van der Waals surface area contributed by atoms with Gasteiger partial charge in [0.2, 0.25) is 10.0 Å². The van der Waals surface area contributed by atoms with Gasteiger partial charge in [0.15, 0.2) is 0 Å². The Morgan fingerprint density at radius 2 is 2.00 bits per heavy atom. The molecule has 3 aromatic rings. The number of pyridine rings is 1. The molecule has 8 nitrogen and oxygen atoms in total. The maximum atomic E-state index is 14.0. The highest BCUT2D eigenvalue weighted by Gasteiger charge is 2.26. The van der Waals surface area contributed by atoms with Crippen LogP contribution in [-0.4, -0.2) is 42.2 Å². The summed E-state index contributed by atoms with van der Waals surface area (Å²) in [4.78, 5) is 26.4. The smallest absolute Gasteiger partial charge is 0.256 e. The summed E-state index contributed by atoms with van der Waals surface area (Å²) in [7, 11) is -3.48. The molecule has 1 fully saturated rings. The largest absolute Gasteiger partial charge is 0.355 e. The summed E-state index contributed by atoms with van der Waals surface area (Å²) in [6.45, 7) is 7.58. The molecule has 4 rings (SSSR count). The van der Waals surface area contributed by atoms with Gasteiger partial charge in [-0.1, -0.05) is 20.8 Å². The quantitative estimate of drug-likeness (QED) is 0.588. The van der Waals surface area contributed by atoms with Gasteiger partial charge in [-0.3, -0.25) is 9.78 Å². The van der Waals surface area contributed by atoms with Crippen LogP contribution in [0.2, 0.25) is 0 Å². The van der Waals surface area contributed by atoms with Crippen LogP contribution in [0.5, 0.6) is 0 Å². The van der Waals surface area contributed by atoms with E-state index in [-0.39, 0.29) is 22.6 Å². The van der Waals surface area contributed by atoms with Crippen LogP contribution in [0.25, 0.3) is 22.2 Å². The Kier molecular flexibility index (Phi) is 6.00. The van der Waals surface area contributed by atoms with Crippen LogP contribution < -0.4 is 15.6 Å². The Balaban J connectivity index is 1.75. The summed E-state index contributed by atoms with van der Waals surface area (Å²) in [5, 5.41) is 5.14. The number of nitrogens with zero attached hydrogens (tertiary/aromatic N) is 3. The minimum Gasteiger partial charge on any atom is -0.355 e. The monoisotopic (exact) mass is 473 g/mol. The molecular weight excluding hydrogens is 445 g/mol. The summed E-state index contributed by atoms with van der Waals surface area (Å²) in [5.41, 5.74) is 2.20. The molecule has 0 aliphatic carbocycles. The van der Waals surface area contributed by atoms with Crippen molar-refractivity contribution in [2.24, 2.45) is 11.1 Å². The van der Waals surface area contributed by atoms with Crippen molar-refractivity contribution in [2.75, 3.05) is 23.7 Å². The Morgan fingerprint density at radius 3 is 2.70 bits per heavy atom. The molecular formula is C23H28FN5O3S. The number of aromatic nitrogens is 3. The number of halogens is 1. The van der Waals surface area contributed by atoms with E-state index in [9.17, 15) is 17.6 Å². The molecule has 0 spiro atoms. The number of H-pyrrole nitrogens is 1. The van der Waals surface area contributed by atoms with Gasteiger partial charge in [-0.15, -0.1) is 0 Å². The Labute approximate surface area is 192 Å². The fraction of sp³-hybridized carbons (Fsp3) is 0.435. The first-order valence-electron chi connectivity index (χ1n) is 10.9. The molecule has 10 heteroatoms. The Morgan fingerprint density at radius 1 is 1.24 bits per heavy atom. The second-order valence-corrected chi connectivity index (χ2v) is 11.4. The molecule has 0 saturated carbocycles. The number of anilines is 1. The number of nitrogens with one attached hydrogen (secondary N) is 1. The van der Waals surface area contributed by atoms with Gasteiger partial charge in [-0.2, -0.15) is 0 Å². The van der Waals surface area contributed by atoms with Gasteiger partial charge in [0.1, 0.15) is 11.6 Å². The van der Waals surface area contributed by atoms with E-state index in [0.29, 0.717) is 35.4 Å². The SMILES string of the molecule is CC(C)(C)c1cc(-c2cc(F)c[nH]c2=O)c2ncc(N3CC[C@@H](CCS(N)(=O)=O)C3)nc2c1. The highest BCUT2D eigenvalue weighted by Crippen LogP contribution is 2.33. The lowest BCUT2D eigenvalue weighted by Crippen LogP contribution is -2.23. The molecule has 1 atom stereocenters. The number of benzene rings is 1. The van der Waals surface area contributed by atoms with Crippen molar-refractivity contribution < 1.29 is 12.8 Å². The van der Waals surface area contributed by atoms with Crippen molar-refractivity contribution in [2.45, 2.75) is 39.0 Å². The third-order valence-electron chi connectivity index (χ3n) is 6.08. The number of hydrogen-bond donors (Lipinski definition) is 2. The van der Waals surface area contributed by atoms with Crippen molar-refractivity contribution >= 4 is 26.9 Å². The fourth-order valence-corrected chi connectivity index (χ4v) is 4.83. The van der Waals surface area contributed by atoms with Crippen LogP contribution in [0, 0.1) is 11.7 Å². The van der Waals surface area contributed by atoms with Crippen LogP contribution in [0.3, 0.4) is 0 Å². The second kappa shape index (κ2) is 8.49. The first-order chi connectivity index (χ1) is 15.4. The standard InChI is InChI=1S/C23H28FN5O3S/c1-23(2,3)15-8-17(18-10-16(24)11-27-22(18)30)21-19(9-15)28-20(12-26-21)29-6-4-14(13-29)5-7-33(25,31)32/h8-12,14H,4-7,13H2,1-3H3,(H,27,30)(H2,25,31,32)/t14-/m0/s1. The molecule has 1 saturated heterocycles. The van der Waals surface area contributed by atoms with E-state index in [4.69, 9.17) is 10.1 Å². The molecule has 0 amide bonds. The second-order valence-electron chi connectivity index (χ2n) is 9.69. The molecule has 0 unspecified atom stereocenters. The average Bonchev–Trinajstić information content (AvgIpc) is 3.21.